The predicted octanol–water partition coefficient (Wildman–Crippen LogP) is 2.43. The Bertz CT molecular complexity index is 1690. The number of nitro benzene ring substituents is 1. The first kappa shape index (κ1) is 25.4. The Labute approximate surface area is 209 Å². The SMILES string of the molecule is CCOC(=O)c1cc2c(=O)n3cccc(C)c3nc2n(CCOC)c1=NC(=O)c1cccc([N+](=O)[O-])c1. The lowest BCUT2D eigenvalue weighted by molar-refractivity contribution is -0.384. The number of carbonyl (C=O) groups excluding carboxylic acids is 2. The van der Waals surface area contributed by atoms with E-state index in [1.54, 1.807) is 32.2 Å². The van der Waals surface area contributed by atoms with Gasteiger partial charge in [-0.1, -0.05) is 12.1 Å². The molecule has 0 aliphatic carbocycles. The molecule has 190 valence electrons. The first-order valence-electron chi connectivity index (χ1n) is 11.3. The molecule has 0 bridgehead atoms. The van der Waals surface area contributed by atoms with Crippen LogP contribution in [-0.4, -0.2) is 51.1 Å². The number of aryl methyl sites for hydroxylation is 1. The number of hydrogen-bond donors (Lipinski definition) is 0. The summed E-state index contributed by atoms with van der Waals surface area (Å²) >= 11 is 0. The molecule has 4 aromatic rings. The molecule has 0 aliphatic rings. The van der Waals surface area contributed by atoms with Gasteiger partial charge in [-0.25, -0.2) is 9.78 Å². The minimum absolute atomic E-state index is 0.0430. The summed E-state index contributed by atoms with van der Waals surface area (Å²) in [5.41, 5.74) is 0.331. The second kappa shape index (κ2) is 10.5. The zero-order chi connectivity index (χ0) is 26.7. The largest absolute Gasteiger partial charge is 0.462 e. The van der Waals surface area contributed by atoms with Crippen LogP contribution in [0.2, 0.25) is 0 Å². The van der Waals surface area contributed by atoms with Gasteiger partial charge in [0.25, 0.3) is 17.2 Å². The number of carbonyl (C=O) groups is 2. The maximum absolute atomic E-state index is 13.4. The van der Waals surface area contributed by atoms with Crippen LogP contribution >= 0.6 is 0 Å². The van der Waals surface area contributed by atoms with Crippen LogP contribution in [0.15, 0.2) is 58.4 Å². The minimum Gasteiger partial charge on any atom is -0.462 e. The van der Waals surface area contributed by atoms with Crippen molar-refractivity contribution in [2.75, 3.05) is 20.3 Å². The molecule has 0 aliphatic heterocycles. The summed E-state index contributed by atoms with van der Waals surface area (Å²) in [7, 11) is 1.48. The molecule has 0 N–H and O–H groups in total. The number of rotatable bonds is 7. The Morgan fingerprint density at radius 3 is 2.65 bits per heavy atom. The number of ether oxygens (including phenoxy) is 2. The molecule has 12 heteroatoms. The van der Waals surface area contributed by atoms with Gasteiger partial charge in [0, 0.05) is 37.5 Å². The van der Waals surface area contributed by atoms with E-state index in [1.165, 1.54) is 40.3 Å². The van der Waals surface area contributed by atoms with E-state index in [4.69, 9.17) is 9.47 Å². The molecule has 0 saturated heterocycles. The lowest BCUT2D eigenvalue weighted by Gasteiger charge is -2.15. The summed E-state index contributed by atoms with van der Waals surface area (Å²) in [6.07, 6.45) is 1.57. The van der Waals surface area contributed by atoms with Crippen LogP contribution in [0, 0.1) is 17.0 Å². The Kier molecular flexibility index (Phi) is 7.20. The minimum atomic E-state index is -0.826. The van der Waals surface area contributed by atoms with Crippen molar-refractivity contribution in [1.29, 1.82) is 0 Å². The Morgan fingerprint density at radius 2 is 1.95 bits per heavy atom. The summed E-state index contributed by atoms with van der Waals surface area (Å²) in [5, 5.41) is 11.3. The summed E-state index contributed by atoms with van der Waals surface area (Å²) < 4.78 is 13.2. The normalized spacial score (nSPS) is 11.7. The van der Waals surface area contributed by atoms with Crippen LogP contribution in [0.1, 0.15) is 33.2 Å². The van der Waals surface area contributed by atoms with Crippen LogP contribution in [0.4, 0.5) is 5.69 Å². The van der Waals surface area contributed by atoms with Gasteiger partial charge in [-0.05, 0) is 37.6 Å². The fourth-order valence-electron chi connectivity index (χ4n) is 3.87. The van der Waals surface area contributed by atoms with E-state index in [0.29, 0.717) is 5.65 Å². The number of benzene rings is 1. The van der Waals surface area contributed by atoms with Crippen LogP contribution in [0.25, 0.3) is 16.7 Å². The third kappa shape index (κ3) is 4.86. The topological polar surface area (TPSA) is 147 Å². The van der Waals surface area contributed by atoms with Crippen molar-refractivity contribution >= 4 is 34.2 Å². The van der Waals surface area contributed by atoms with Crippen molar-refractivity contribution in [2.24, 2.45) is 4.99 Å². The molecule has 3 aromatic heterocycles. The average molecular weight is 505 g/mol. The molecule has 0 saturated carbocycles. The summed E-state index contributed by atoms with van der Waals surface area (Å²) in [5.74, 6) is -1.62. The molecule has 12 nitrogen and oxygen atoms in total. The smallest absolute Gasteiger partial charge is 0.341 e. The van der Waals surface area contributed by atoms with Crippen molar-refractivity contribution in [3.05, 3.63) is 91.3 Å². The third-order valence-electron chi connectivity index (χ3n) is 5.63. The van der Waals surface area contributed by atoms with E-state index < -0.39 is 22.4 Å². The average Bonchev–Trinajstić information content (AvgIpc) is 2.88. The summed E-state index contributed by atoms with van der Waals surface area (Å²) in [4.78, 5) is 58.9. The first-order chi connectivity index (χ1) is 17.8. The van der Waals surface area contributed by atoms with Crippen LogP contribution in [0.3, 0.4) is 0 Å². The molecule has 0 fully saturated rings. The zero-order valence-corrected chi connectivity index (χ0v) is 20.3. The Morgan fingerprint density at radius 1 is 1.16 bits per heavy atom. The molecular weight excluding hydrogens is 482 g/mol. The van der Waals surface area contributed by atoms with Gasteiger partial charge in [0.2, 0.25) is 0 Å². The van der Waals surface area contributed by atoms with Crippen LogP contribution in [0.5, 0.6) is 0 Å². The summed E-state index contributed by atoms with van der Waals surface area (Å²) in [6.45, 7) is 3.71. The molecule has 1 aromatic carbocycles. The van der Waals surface area contributed by atoms with Gasteiger partial charge in [0.1, 0.15) is 16.9 Å². The number of methoxy groups -OCH3 is 1. The number of aromatic nitrogens is 3. The second-order valence-corrected chi connectivity index (χ2v) is 8.01. The third-order valence-corrected chi connectivity index (χ3v) is 5.63. The molecule has 0 radical (unpaired) electrons. The second-order valence-electron chi connectivity index (χ2n) is 8.01. The van der Waals surface area contributed by atoms with Gasteiger partial charge in [-0.15, -0.1) is 0 Å². The van der Waals surface area contributed by atoms with Crippen LogP contribution < -0.4 is 11.0 Å². The van der Waals surface area contributed by atoms with E-state index in [9.17, 15) is 24.5 Å². The van der Waals surface area contributed by atoms with Crippen molar-refractivity contribution in [3.8, 4) is 0 Å². The number of fused-ring (bicyclic) bond motifs is 2. The number of amides is 1. The number of esters is 1. The zero-order valence-electron chi connectivity index (χ0n) is 20.3. The molecule has 4 rings (SSSR count). The van der Waals surface area contributed by atoms with E-state index >= 15 is 0 Å². The molecule has 37 heavy (non-hydrogen) atoms. The van der Waals surface area contributed by atoms with Gasteiger partial charge in [-0.2, -0.15) is 4.99 Å². The van der Waals surface area contributed by atoms with Gasteiger partial charge in [0.15, 0.2) is 5.49 Å². The highest BCUT2D eigenvalue weighted by Crippen LogP contribution is 2.16. The van der Waals surface area contributed by atoms with Crippen molar-refractivity contribution < 1.29 is 24.0 Å². The molecule has 0 spiro atoms. The van der Waals surface area contributed by atoms with E-state index in [2.05, 4.69) is 9.98 Å². The highest BCUT2D eigenvalue weighted by molar-refractivity contribution is 5.97. The van der Waals surface area contributed by atoms with Gasteiger partial charge >= 0.3 is 5.97 Å². The number of non-ortho nitro benzene ring substituents is 1. The molecular formula is C25H23N5O7. The Hall–Kier alpha value is -4.71. The maximum Gasteiger partial charge on any atom is 0.341 e. The van der Waals surface area contributed by atoms with E-state index in [-0.39, 0.29) is 53.1 Å². The number of hydrogen-bond acceptors (Lipinski definition) is 8. The van der Waals surface area contributed by atoms with Gasteiger partial charge in [-0.3, -0.25) is 24.1 Å². The van der Waals surface area contributed by atoms with Crippen molar-refractivity contribution in [1.82, 2.24) is 14.0 Å². The fraction of sp³-hybridized carbons (Fsp3) is 0.240. The number of pyridine rings is 2. The molecule has 3 heterocycles. The maximum atomic E-state index is 13.4. The Balaban J connectivity index is 2.11. The standard InChI is InChI=1S/C25H23N5O7/c1-4-37-25(33)19-14-18-21(26-20-15(2)7-6-10-29(20)24(18)32)28(11-12-36-3)22(19)27-23(31)16-8-5-9-17(13-16)30(34)35/h5-10,13-14H,4,11-12H2,1-3H3. The number of nitrogens with zero attached hydrogens (tertiary/aromatic N) is 5. The quantitative estimate of drug-likeness (QED) is 0.161. The molecule has 0 atom stereocenters. The number of nitro groups is 1. The monoisotopic (exact) mass is 505 g/mol. The highest BCUT2D eigenvalue weighted by Gasteiger charge is 2.21. The van der Waals surface area contributed by atoms with Crippen molar-refractivity contribution in [2.45, 2.75) is 20.4 Å². The lowest BCUT2D eigenvalue weighted by atomic mass is 10.1. The van der Waals surface area contributed by atoms with Gasteiger partial charge < -0.3 is 14.0 Å². The highest BCUT2D eigenvalue weighted by atomic mass is 16.6. The lowest BCUT2D eigenvalue weighted by Crippen LogP contribution is -2.33. The van der Waals surface area contributed by atoms with E-state index in [1.807, 2.05) is 0 Å². The van der Waals surface area contributed by atoms with Crippen molar-refractivity contribution in [3.63, 3.8) is 0 Å². The van der Waals surface area contributed by atoms with Crippen LogP contribution in [-0.2, 0) is 16.0 Å². The van der Waals surface area contributed by atoms with E-state index in [0.717, 1.165) is 11.6 Å². The van der Waals surface area contributed by atoms with Gasteiger partial charge in [0.05, 0.1) is 23.5 Å². The first-order valence-corrected chi connectivity index (χ1v) is 11.3. The molecule has 0 unspecified atom stereocenters. The predicted molar refractivity (Wildman–Crippen MR) is 133 cm³/mol. The fourth-order valence-corrected chi connectivity index (χ4v) is 3.87. The summed E-state index contributed by atoms with van der Waals surface area (Å²) in [6, 6.07) is 9.91. The molecule has 1 amide bonds.